The Kier molecular flexibility index (Phi) is 4.62. The van der Waals surface area contributed by atoms with Crippen molar-refractivity contribution in [3.63, 3.8) is 0 Å². The standard InChI is InChI=1S/C24H28N6OS/c1-13(2)20-21(15-8-14(3)23-26-12-27-30(23)11-15)28-18-10-19(32-22(18)20)16-9-17(16)24(31)29-6-4-25-5-7-29/h8,10-13,16-17,25,28H,4-7,9H2,1-3H3. The Morgan fingerprint density at radius 3 is 2.84 bits per heavy atom. The highest BCUT2D eigenvalue weighted by atomic mass is 32.1. The zero-order chi connectivity index (χ0) is 22.0. The predicted molar refractivity (Wildman–Crippen MR) is 127 cm³/mol. The van der Waals surface area contributed by atoms with Gasteiger partial charge in [-0.15, -0.1) is 11.3 Å². The Balaban J connectivity index is 1.33. The number of rotatable bonds is 4. The largest absolute Gasteiger partial charge is 0.354 e. The van der Waals surface area contributed by atoms with E-state index in [1.807, 2.05) is 20.8 Å². The number of fused-ring (bicyclic) bond motifs is 2. The van der Waals surface area contributed by atoms with Gasteiger partial charge in [0.05, 0.1) is 15.9 Å². The lowest BCUT2D eigenvalue weighted by molar-refractivity contribution is -0.133. The molecule has 32 heavy (non-hydrogen) atoms. The van der Waals surface area contributed by atoms with Gasteiger partial charge in [-0.1, -0.05) is 13.8 Å². The first-order chi connectivity index (χ1) is 15.5. The van der Waals surface area contributed by atoms with Crippen LogP contribution >= 0.6 is 11.3 Å². The summed E-state index contributed by atoms with van der Waals surface area (Å²) >= 11 is 1.87. The molecule has 2 unspecified atom stereocenters. The molecular formula is C24H28N6OS. The van der Waals surface area contributed by atoms with Crippen molar-refractivity contribution in [1.82, 2.24) is 29.8 Å². The maximum Gasteiger partial charge on any atom is 0.226 e. The summed E-state index contributed by atoms with van der Waals surface area (Å²) in [5.41, 5.74) is 6.83. The van der Waals surface area contributed by atoms with Crippen LogP contribution in [-0.2, 0) is 4.79 Å². The van der Waals surface area contributed by atoms with Crippen LogP contribution in [0.4, 0.5) is 0 Å². The van der Waals surface area contributed by atoms with Crippen LogP contribution in [0.5, 0.6) is 0 Å². The van der Waals surface area contributed by atoms with E-state index in [1.165, 1.54) is 20.7 Å². The van der Waals surface area contributed by atoms with Gasteiger partial charge < -0.3 is 15.2 Å². The molecule has 2 fully saturated rings. The molecule has 0 aromatic carbocycles. The smallest absolute Gasteiger partial charge is 0.226 e. The summed E-state index contributed by atoms with van der Waals surface area (Å²) in [5, 5.41) is 7.67. The van der Waals surface area contributed by atoms with Gasteiger partial charge in [0.15, 0.2) is 5.65 Å². The third-order valence-electron chi connectivity index (χ3n) is 6.85. The molecule has 8 heteroatoms. The van der Waals surface area contributed by atoms with Crippen LogP contribution in [0.2, 0.25) is 0 Å². The molecule has 4 aromatic rings. The fourth-order valence-corrected chi connectivity index (χ4v) is 6.60. The van der Waals surface area contributed by atoms with Gasteiger partial charge in [-0.2, -0.15) is 5.10 Å². The van der Waals surface area contributed by atoms with Crippen LogP contribution in [0.15, 0.2) is 24.7 Å². The Morgan fingerprint density at radius 2 is 2.06 bits per heavy atom. The molecule has 2 aliphatic rings. The Morgan fingerprint density at radius 1 is 1.25 bits per heavy atom. The van der Waals surface area contributed by atoms with Gasteiger partial charge in [0.1, 0.15) is 6.33 Å². The molecule has 1 aliphatic heterocycles. The minimum atomic E-state index is 0.162. The van der Waals surface area contributed by atoms with Crippen LogP contribution in [0.25, 0.3) is 27.1 Å². The van der Waals surface area contributed by atoms with Crippen molar-refractivity contribution in [2.45, 2.75) is 39.0 Å². The van der Waals surface area contributed by atoms with E-state index < -0.39 is 0 Å². The topological polar surface area (TPSA) is 78.3 Å². The second-order valence-corrected chi connectivity index (χ2v) is 10.5. The lowest BCUT2D eigenvalue weighted by Crippen LogP contribution is -2.47. The number of hydrogen-bond donors (Lipinski definition) is 2. The summed E-state index contributed by atoms with van der Waals surface area (Å²) in [4.78, 5) is 24.3. The summed E-state index contributed by atoms with van der Waals surface area (Å²) in [6, 6.07) is 4.47. The van der Waals surface area contributed by atoms with Gasteiger partial charge >= 0.3 is 0 Å². The van der Waals surface area contributed by atoms with Gasteiger partial charge in [0, 0.05) is 54.7 Å². The third-order valence-corrected chi connectivity index (χ3v) is 8.15. The van der Waals surface area contributed by atoms with E-state index in [4.69, 9.17) is 0 Å². The molecule has 1 aliphatic carbocycles. The van der Waals surface area contributed by atoms with Crippen molar-refractivity contribution in [1.29, 1.82) is 0 Å². The quantitative estimate of drug-likeness (QED) is 0.496. The van der Waals surface area contributed by atoms with Crippen LogP contribution in [0.1, 0.15) is 48.1 Å². The average Bonchev–Trinajstić information content (AvgIpc) is 3.10. The lowest BCUT2D eigenvalue weighted by Gasteiger charge is -2.27. The summed E-state index contributed by atoms with van der Waals surface area (Å²) < 4.78 is 3.17. The number of pyridine rings is 1. The molecule has 7 nitrogen and oxygen atoms in total. The number of carbonyl (C=O) groups excluding carboxylic acids is 1. The molecule has 166 valence electrons. The van der Waals surface area contributed by atoms with Gasteiger partial charge in [-0.3, -0.25) is 4.79 Å². The van der Waals surface area contributed by atoms with E-state index in [0.29, 0.717) is 17.7 Å². The molecule has 2 N–H and O–H groups in total. The van der Waals surface area contributed by atoms with E-state index in [9.17, 15) is 4.79 Å². The third kappa shape index (κ3) is 3.16. The number of piperazine rings is 1. The fourth-order valence-electron chi connectivity index (χ4n) is 5.11. The van der Waals surface area contributed by atoms with E-state index >= 15 is 0 Å². The van der Waals surface area contributed by atoms with Gasteiger partial charge in [0.2, 0.25) is 5.91 Å². The minimum absolute atomic E-state index is 0.162. The summed E-state index contributed by atoms with van der Waals surface area (Å²) in [5.74, 6) is 1.26. The maximum absolute atomic E-state index is 12.9. The monoisotopic (exact) mass is 448 g/mol. The number of amides is 1. The Hall–Kier alpha value is -2.71. The number of H-pyrrole nitrogens is 1. The van der Waals surface area contributed by atoms with Crippen molar-refractivity contribution in [3.05, 3.63) is 40.7 Å². The first-order valence-corrected chi connectivity index (χ1v) is 12.3. The highest BCUT2D eigenvalue weighted by Gasteiger charge is 2.47. The van der Waals surface area contributed by atoms with Gasteiger partial charge in [0.25, 0.3) is 0 Å². The molecule has 4 aromatic heterocycles. The Labute approximate surface area is 190 Å². The number of nitrogens with zero attached hydrogens (tertiary/aromatic N) is 4. The molecule has 0 spiro atoms. The van der Waals surface area contributed by atoms with Crippen LogP contribution in [0.3, 0.4) is 0 Å². The summed E-state index contributed by atoms with van der Waals surface area (Å²) in [6.45, 7) is 10.1. The van der Waals surface area contributed by atoms with E-state index in [-0.39, 0.29) is 5.92 Å². The normalized spacial score (nSPS) is 21.2. The zero-order valence-corrected chi connectivity index (χ0v) is 19.5. The molecule has 2 atom stereocenters. The van der Waals surface area contributed by atoms with Crippen molar-refractivity contribution >= 4 is 33.1 Å². The lowest BCUT2D eigenvalue weighted by atomic mass is 9.99. The molecule has 6 rings (SSSR count). The number of carbonyl (C=O) groups is 1. The molecule has 1 saturated heterocycles. The second kappa shape index (κ2) is 7.42. The van der Waals surface area contributed by atoms with E-state index in [1.54, 1.807) is 6.33 Å². The zero-order valence-electron chi connectivity index (χ0n) is 18.7. The van der Waals surface area contributed by atoms with Crippen LogP contribution < -0.4 is 5.32 Å². The highest BCUT2D eigenvalue weighted by molar-refractivity contribution is 7.19. The van der Waals surface area contributed by atoms with Gasteiger partial charge in [-0.25, -0.2) is 9.50 Å². The first-order valence-electron chi connectivity index (χ1n) is 11.5. The van der Waals surface area contributed by atoms with Crippen molar-refractivity contribution in [3.8, 4) is 11.3 Å². The molecule has 0 bridgehead atoms. The van der Waals surface area contributed by atoms with E-state index in [0.717, 1.165) is 55.1 Å². The fraction of sp³-hybridized carbons (Fsp3) is 0.458. The number of thiophene rings is 1. The van der Waals surface area contributed by atoms with Crippen LogP contribution in [-0.4, -0.2) is 56.6 Å². The number of aryl methyl sites for hydroxylation is 1. The molecule has 1 saturated carbocycles. The second-order valence-electron chi connectivity index (χ2n) is 9.42. The number of aromatic amines is 1. The minimum Gasteiger partial charge on any atom is -0.354 e. The Bertz CT molecular complexity index is 1330. The van der Waals surface area contributed by atoms with Crippen molar-refractivity contribution < 1.29 is 4.79 Å². The molecule has 0 radical (unpaired) electrons. The SMILES string of the molecule is Cc1cc(-c2[nH]c3cc(C4CC4C(=O)N4CCNCC4)sc3c2C(C)C)cn2ncnc12. The molecule has 1 amide bonds. The molecular weight excluding hydrogens is 420 g/mol. The molecule has 5 heterocycles. The number of nitrogens with one attached hydrogen (secondary N) is 2. The van der Waals surface area contributed by atoms with Crippen LogP contribution in [0, 0.1) is 12.8 Å². The highest BCUT2D eigenvalue weighted by Crippen LogP contribution is 2.53. The maximum atomic E-state index is 12.9. The van der Waals surface area contributed by atoms with Crippen molar-refractivity contribution in [2.75, 3.05) is 26.2 Å². The number of hydrogen-bond acceptors (Lipinski definition) is 5. The number of aromatic nitrogens is 4. The van der Waals surface area contributed by atoms with Crippen molar-refractivity contribution in [2.24, 2.45) is 5.92 Å². The predicted octanol–water partition coefficient (Wildman–Crippen LogP) is 3.91. The van der Waals surface area contributed by atoms with E-state index in [2.05, 4.69) is 59.5 Å². The average molecular weight is 449 g/mol. The first kappa shape index (κ1) is 19.9. The van der Waals surface area contributed by atoms with Gasteiger partial charge in [-0.05, 0) is 42.5 Å². The summed E-state index contributed by atoms with van der Waals surface area (Å²) in [7, 11) is 0. The summed E-state index contributed by atoms with van der Waals surface area (Å²) in [6.07, 6.45) is 4.64.